The van der Waals surface area contributed by atoms with Gasteiger partial charge >= 0.3 is 5.69 Å². The van der Waals surface area contributed by atoms with Crippen LogP contribution in [0.5, 0.6) is 0 Å². The molecule has 0 aliphatic rings. The highest BCUT2D eigenvalue weighted by Gasteiger charge is 2.14. The number of imidazole rings is 1. The molecule has 8 nitrogen and oxygen atoms in total. The Labute approximate surface area is 157 Å². The van der Waals surface area contributed by atoms with Crippen molar-refractivity contribution >= 4 is 16.9 Å². The van der Waals surface area contributed by atoms with Gasteiger partial charge in [0.1, 0.15) is 6.54 Å². The SMILES string of the molecule is CCn1c(=O)n(CC(=O)NCCCc2nc(C(C)C)no2)c2ccccc21. The summed E-state index contributed by atoms with van der Waals surface area (Å²) >= 11 is 0. The lowest BCUT2D eigenvalue weighted by atomic mass is 10.2. The van der Waals surface area contributed by atoms with Crippen LogP contribution in [0, 0.1) is 0 Å². The quantitative estimate of drug-likeness (QED) is 0.612. The molecule has 3 rings (SSSR count). The van der Waals surface area contributed by atoms with E-state index < -0.39 is 0 Å². The molecule has 1 amide bonds. The Bertz CT molecular complexity index is 983. The second kappa shape index (κ2) is 8.20. The Morgan fingerprint density at radius 2 is 1.93 bits per heavy atom. The Morgan fingerprint density at radius 3 is 2.56 bits per heavy atom. The molecule has 0 spiro atoms. The zero-order valence-corrected chi connectivity index (χ0v) is 15.9. The maximum atomic E-state index is 12.5. The van der Waals surface area contributed by atoms with Gasteiger partial charge in [0.25, 0.3) is 0 Å². The highest BCUT2D eigenvalue weighted by molar-refractivity contribution is 5.80. The third-order valence-corrected chi connectivity index (χ3v) is 4.43. The number of carbonyl (C=O) groups is 1. The summed E-state index contributed by atoms with van der Waals surface area (Å²) in [5.41, 5.74) is 1.45. The van der Waals surface area contributed by atoms with Crippen LogP contribution in [0.2, 0.25) is 0 Å². The third kappa shape index (κ3) is 4.10. The molecule has 8 heteroatoms. The highest BCUT2D eigenvalue weighted by Crippen LogP contribution is 2.12. The Kier molecular flexibility index (Phi) is 5.73. The average molecular weight is 371 g/mol. The van der Waals surface area contributed by atoms with E-state index in [-0.39, 0.29) is 24.1 Å². The molecule has 0 radical (unpaired) electrons. The van der Waals surface area contributed by atoms with Crippen molar-refractivity contribution < 1.29 is 9.32 Å². The fraction of sp³-hybridized carbons (Fsp3) is 0.474. The maximum Gasteiger partial charge on any atom is 0.329 e. The monoisotopic (exact) mass is 371 g/mol. The number of nitrogens with one attached hydrogen (secondary N) is 1. The summed E-state index contributed by atoms with van der Waals surface area (Å²) in [5, 5.41) is 6.77. The summed E-state index contributed by atoms with van der Waals surface area (Å²) in [6, 6.07) is 7.51. The molecule has 2 heterocycles. The van der Waals surface area contributed by atoms with E-state index in [2.05, 4.69) is 15.5 Å². The number of rotatable bonds is 8. The predicted octanol–water partition coefficient (Wildman–Crippen LogP) is 2.08. The molecule has 0 atom stereocenters. The number of amides is 1. The number of fused-ring (bicyclic) bond motifs is 1. The van der Waals surface area contributed by atoms with Crippen molar-refractivity contribution in [2.24, 2.45) is 0 Å². The molecule has 2 aromatic heterocycles. The van der Waals surface area contributed by atoms with E-state index in [1.807, 2.05) is 45.0 Å². The second-order valence-corrected chi connectivity index (χ2v) is 6.76. The van der Waals surface area contributed by atoms with Gasteiger partial charge in [0.05, 0.1) is 11.0 Å². The van der Waals surface area contributed by atoms with Gasteiger partial charge < -0.3 is 9.84 Å². The van der Waals surface area contributed by atoms with Crippen LogP contribution in [0.15, 0.2) is 33.6 Å². The van der Waals surface area contributed by atoms with Crippen molar-refractivity contribution in [3.8, 4) is 0 Å². The van der Waals surface area contributed by atoms with Crippen molar-refractivity contribution in [2.75, 3.05) is 6.54 Å². The van der Waals surface area contributed by atoms with E-state index in [0.717, 1.165) is 11.0 Å². The zero-order valence-electron chi connectivity index (χ0n) is 15.9. The topological polar surface area (TPSA) is 95.0 Å². The predicted molar refractivity (Wildman–Crippen MR) is 102 cm³/mol. The first-order chi connectivity index (χ1) is 13.0. The van der Waals surface area contributed by atoms with Crippen LogP contribution in [0.1, 0.15) is 44.8 Å². The Hall–Kier alpha value is -2.90. The number of benzene rings is 1. The lowest BCUT2D eigenvalue weighted by molar-refractivity contribution is -0.121. The summed E-state index contributed by atoms with van der Waals surface area (Å²) in [7, 11) is 0. The van der Waals surface area contributed by atoms with E-state index >= 15 is 0 Å². The van der Waals surface area contributed by atoms with E-state index in [4.69, 9.17) is 4.52 Å². The van der Waals surface area contributed by atoms with E-state index in [9.17, 15) is 9.59 Å². The molecular formula is C19H25N5O3. The van der Waals surface area contributed by atoms with Crippen LogP contribution in [0.25, 0.3) is 11.0 Å². The van der Waals surface area contributed by atoms with Gasteiger partial charge in [0.15, 0.2) is 5.82 Å². The van der Waals surface area contributed by atoms with Gasteiger partial charge in [-0.1, -0.05) is 31.1 Å². The standard InChI is InChI=1S/C19H25N5O3/c1-4-23-14-8-5-6-9-15(14)24(19(23)26)12-16(25)20-11-7-10-17-21-18(13(2)3)22-27-17/h5-6,8-9,13H,4,7,10-12H2,1-3H3,(H,20,25). The molecule has 0 saturated carbocycles. The third-order valence-electron chi connectivity index (χ3n) is 4.43. The molecule has 27 heavy (non-hydrogen) atoms. The lowest BCUT2D eigenvalue weighted by Crippen LogP contribution is -2.33. The molecular weight excluding hydrogens is 346 g/mol. The number of hydrogen-bond donors (Lipinski definition) is 1. The van der Waals surface area contributed by atoms with Gasteiger partial charge in [-0.2, -0.15) is 4.98 Å². The first-order valence-corrected chi connectivity index (χ1v) is 9.28. The Morgan fingerprint density at radius 1 is 1.22 bits per heavy atom. The van der Waals surface area contributed by atoms with E-state index in [1.54, 1.807) is 4.57 Å². The molecule has 0 aliphatic carbocycles. The molecule has 0 bridgehead atoms. The summed E-state index contributed by atoms with van der Waals surface area (Å²) in [6.45, 7) is 6.99. The first kappa shape index (κ1) is 18.9. The van der Waals surface area contributed by atoms with Crippen molar-refractivity contribution in [1.82, 2.24) is 24.6 Å². The van der Waals surface area contributed by atoms with Crippen LogP contribution < -0.4 is 11.0 Å². The van der Waals surface area contributed by atoms with Gasteiger partial charge in [0.2, 0.25) is 11.8 Å². The van der Waals surface area contributed by atoms with Crippen LogP contribution in [0.3, 0.4) is 0 Å². The molecule has 0 saturated heterocycles. The number of para-hydroxylation sites is 2. The normalized spacial score (nSPS) is 11.4. The van der Waals surface area contributed by atoms with Gasteiger partial charge in [-0.15, -0.1) is 0 Å². The minimum atomic E-state index is -0.190. The summed E-state index contributed by atoms with van der Waals surface area (Å²) in [4.78, 5) is 29.1. The van der Waals surface area contributed by atoms with Gasteiger partial charge in [-0.05, 0) is 25.5 Å². The fourth-order valence-corrected chi connectivity index (χ4v) is 3.00. The highest BCUT2D eigenvalue weighted by atomic mass is 16.5. The molecule has 0 unspecified atom stereocenters. The lowest BCUT2D eigenvalue weighted by Gasteiger charge is -2.05. The smallest absolute Gasteiger partial charge is 0.329 e. The van der Waals surface area contributed by atoms with Crippen molar-refractivity contribution in [2.45, 2.75) is 52.6 Å². The summed E-state index contributed by atoms with van der Waals surface area (Å²) in [5.74, 6) is 1.31. The Balaban J connectivity index is 1.56. The summed E-state index contributed by atoms with van der Waals surface area (Å²) < 4.78 is 8.37. The minimum Gasteiger partial charge on any atom is -0.355 e. The second-order valence-electron chi connectivity index (χ2n) is 6.76. The molecule has 0 aliphatic heterocycles. The number of hydrogen-bond acceptors (Lipinski definition) is 5. The molecule has 3 aromatic rings. The van der Waals surface area contributed by atoms with Crippen molar-refractivity contribution in [3.63, 3.8) is 0 Å². The number of nitrogens with zero attached hydrogens (tertiary/aromatic N) is 4. The zero-order chi connectivity index (χ0) is 19.4. The number of aryl methyl sites for hydroxylation is 2. The van der Waals surface area contributed by atoms with Gasteiger partial charge in [0, 0.05) is 25.4 Å². The van der Waals surface area contributed by atoms with Crippen LogP contribution in [-0.2, 0) is 24.3 Å². The van der Waals surface area contributed by atoms with Crippen molar-refractivity contribution in [3.05, 3.63) is 46.5 Å². The van der Waals surface area contributed by atoms with E-state index in [0.29, 0.717) is 37.6 Å². The van der Waals surface area contributed by atoms with Crippen LogP contribution in [-0.4, -0.2) is 31.7 Å². The van der Waals surface area contributed by atoms with Crippen molar-refractivity contribution in [1.29, 1.82) is 0 Å². The molecule has 0 fully saturated rings. The summed E-state index contributed by atoms with van der Waals surface area (Å²) in [6.07, 6.45) is 1.30. The minimum absolute atomic E-state index is 0.00437. The fourth-order valence-electron chi connectivity index (χ4n) is 3.00. The van der Waals surface area contributed by atoms with Gasteiger partial charge in [-0.3, -0.25) is 13.9 Å². The van der Waals surface area contributed by atoms with Crippen LogP contribution in [0.4, 0.5) is 0 Å². The number of aromatic nitrogens is 4. The first-order valence-electron chi connectivity index (χ1n) is 9.28. The average Bonchev–Trinajstić information content (AvgIpc) is 3.23. The maximum absolute atomic E-state index is 12.5. The molecule has 1 N–H and O–H groups in total. The number of carbonyl (C=O) groups excluding carboxylic acids is 1. The molecule has 144 valence electrons. The van der Waals surface area contributed by atoms with Gasteiger partial charge in [-0.25, -0.2) is 4.79 Å². The largest absolute Gasteiger partial charge is 0.355 e. The van der Waals surface area contributed by atoms with E-state index in [1.165, 1.54) is 4.57 Å². The molecule has 1 aromatic carbocycles. The van der Waals surface area contributed by atoms with Crippen LogP contribution >= 0.6 is 0 Å².